The first kappa shape index (κ1) is 17.4. The third-order valence-electron chi connectivity index (χ3n) is 4.64. The lowest BCUT2D eigenvalue weighted by Crippen LogP contribution is -2.11. The molecule has 0 aliphatic rings. The number of hydrogen-bond donors (Lipinski definition) is 1. The Balaban J connectivity index is 1.67. The van der Waals surface area contributed by atoms with E-state index in [1.807, 2.05) is 32.9 Å². The molecule has 0 aliphatic carbocycles. The van der Waals surface area contributed by atoms with Crippen molar-refractivity contribution in [2.24, 2.45) is 0 Å². The van der Waals surface area contributed by atoms with Gasteiger partial charge in [0.1, 0.15) is 11.3 Å². The van der Waals surface area contributed by atoms with Crippen LogP contribution < -0.4 is 11.5 Å². The first-order chi connectivity index (χ1) is 13.0. The summed E-state index contributed by atoms with van der Waals surface area (Å²) in [5.41, 5.74) is 3.98. The van der Waals surface area contributed by atoms with Crippen molar-refractivity contribution in [1.29, 1.82) is 0 Å². The summed E-state index contributed by atoms with van der Waals surface area (Å²) in [5, 5.41) is 9.80. The number of aromatic nitrogens is 3. The van der Waals surface area contributed by atoms with Crippen LogP contribution >= 0.6 is 11.8 Å². The third kappa shape index (κ3) is 3.02. The van der Waals surface area contributed by atoms with Crippen LogP contribution in [-0.2, 0) is 5.75 Å². The Morgan fingerprint density at radius 3 is 2.74 bits per heavy atom. The SMILES string of the molecule is Cc1ccc2c(CSc3nnc(-c4ccoc4C)n3N)cc(=O)oc2c1C. The highest BCUT2D eigenvalue weighted by Crippen LogP contribution is 2.29. The van der Waals surface area contributed by atoms with E-state index >= 15 is 0 Å². The predicted octanol–water partition coefficient (Wildman–Crippen LogP) is 3.58. The summed E-state index contributed by atoms with van der Waals surface area (Å²) < 4.78 is 12.2. The highest BCUT2D eigenvalue weighted by Gasteiger charge is 2.17. The van der Waals surface area contributed by atoms with Gasteiger partial charge in [-0.15, -0.1) is 10.2 Å². The molecular formula is C19H18N4O3S. The van der Waals surface area contributed by atoms with Gasteiger partial charge in [0, 0.05) is 17.2 Å². The van der Waals surface area contributed by atoms with E-state index in [0.717, 1.165) is 33.4 Å². The molecule has 0 unspecified atom stereocenters. The Morgan fingerprint density at radius 1 is 1.19 bits per heavy atom. The molecule has 4 rings (SSSR count). The fourth-order valence-corrected chi connectivity index (χ4v) is 3.81. The number of hydrogen-bond acceptors (Lipinski definition) is 7. The van der Waals surface area contributed by atoms with Crippen molar-refractivity contribution in [3.05, 3.63) is 63.4 Å². The van der Waals surface area contributed by atoms with Gasteiger partial charge in [0.05, 0.1) is 11.8 Å². The molecule has 0 spiro atoms. The van der Waals surface area contributed by atoms with Crippen LogP contribution in [0.1, 0.15) is 22.5 Å². The van der Waals surface area contributed by atoms with Gasteiger partial charge in [-0.25, -0.2) is 9.47 Å². The maximum absolute atomic E-state index is 12.0. The fourth-order valence-electron chi connectivity index (χ4n) is 2.96. The van der Waals surface area contributed by atoms with Crippen LogP contribution in [0.2, 0.25) is 0 Å². The normalized spacial score (nSPS) is 11.4. The van der Waals surface area contributed by atoms with Gasteiger partial charge in [-0.1, -0.05) is 23.9 Å². The van der Waals surface area contributed by atoms with Crippen LogP contribution in [0.4, 0.5) is 0 Å². The second-order valence-corrected chi connectivity index (χ2v) is 7.27. The predicted molar refractivity (Wildman–Crippen MR) is 104 cm³/mol. The third-order valence-corrected chi connectivity index (χ3v) is 5.63. The number of aryl methyl sites for hydroxylation is 3. The molecule has 1 aromatic carbocycles. The van der Waals surface area contributed by atoms with E-state index in [9.17, 15) is 4.79 Å². The highest BCUT2D eigenvalue weighted by atomic mass is 32.2. The lowest BCUT2D eigenvalue weighted by molar-refractivity contribution is 0.535. The lowest BCUT2D eigenvalue weighted by Gasteiger charge is -2.08. The smallest absolute Gasteiger partial charge is 0.336 e. The number of furan rings is 1. The summed E-state index contributed by atoms with van der Waals surface area (Å²) in [6, 6.07) is 7.32. The molecule has 4 aromatic rings. The van der Waals surface area contributed by atoms with Crippen LogP contribution in [0.15, 0.2) is 49.3 Å². The summed E-state index contributed by atoms with van der Waals surface area (Å²) in [6.07, 6.45) is 1.59. The number of thioether (sulfide) groups is 1. The van der Waals surface area contributed by atoms with Crippen LogP contribution in [0.3, 0.4) is 0 Å². The Labute approximate surface area is 159 Å². The number of nitrogens with two attached hydrogens (primary N) is 1. The van der Waals surface area contributed by atoms with E-state index in [-0.39, 0.29) is 5.63 Å². The summed E-state index contributed by atoms with van der Waals surface area (Å²) in [7, 11) is 0. The molecule has 0 amide bonds. The zero-order valence-electron chi connectivity index (χ0n) is 15.1. The van der Waals surface area contributed by atoms with Crippen molar-refractivity contribution in [3.63, 3.8) is 0 Å². The molecule has 138 valence electrons. The second kappa shape index (κ2) is 6.62. The molecule has 0 radical (unpaired) electrons. The minimum Gasteiger partial charge on any atom is -0.469 e. The average Bonchev–Trinajstić information content (AvgIpc) is 3.21. The van der Waals surface area contributed by atoms with E-state index in [1.165, 1.54) is 22.5 Å². The number of benzene rings is 1. The molecule has 3 aromatic heterocycles. The number of nitrogens with zero attached hydrogens (tertiary/aromatic N) is 3. The molecule has 7 nitrogen and oxygen atoms in total. The summed E-state index contributed by atoms with van der Waals surface area (Å²) >= 11 is 1.41. The zero-order chi connectivity index (χ0) is 19.1. The molecule has 0 bridgehead atoms. The maximum Gasteiger partial charge on any atom is 0.336 e. The topological polar surface area (TPSA) is 100 Å². The van der Waals surface area contributed by atoms with E-state index in [0.29, 0.717) is 22.3 Å². The zero-order valence-corrected chi connectivity index (χ0v) is 16.0. The largest absolute Gasteiger partial charge is 0.469 e. The highest BCUT2D eigenvalue weighted by molar-refractivity contribution is 7.98. The van der Waals surface area contributed by atoms with E-state index in [1.54, 1.807) is 12.3 Å². The number of rotatable bonds is 4. The second-order valence-electron chi connectivity index (χ2n) is 6.33. The monoisotopic (exact) mass is 382 g/mol. The first-order valence-electron chi connectivity index (χ1n) is 8.36. The maximum atomic E-state index is 12.0. The van der Waals surface area contributed by atoms with E-state index in [4.69, 9.17) is 14.7 Å². The van der Waals surface area contributed by atoms with Gasteiger partial charge in [-0.2, -0.15) is 0 Å². The van der Waals surface area contributed by atoms with Gasteiger partial charge >= 0.3 is 5.63 Å². The number of fused-ring (bicyclic) bond motifs is 1. The minimum absolute atomic E-state index is 0.365. The molecule has 0 atom stereocenters. The van der Waals surface area contributed by atoms with Crippen LogP contribution in [0, 0.1) is 20.8 Å². The lowest BCUT2D eigenvalue weighted by atomic mass is 10.0. The first-order valence-corrected chi connectivity index (χ1v) is 9.35. The Morgan fingerprint density at radius 2 is 2.00 bits per heavy atom. The molecule has 2 N–H and O–H groups in total. The number of nitrogen functional groups attached to an aromatic ring is 1. The Bertz CT molecular complexity index is 1210. The van der Waals surface area contributed by atoms with Gasteiger partial charge in [-0.05, 0) is 43.5 Å². The summed E-state index contributed by atoms with van der Waals surface area (Å²) in [5.74, 6) is 7.94. The van der Waals surface area contributed by atoms with E-state index < -0.39 is 0 Å². The van der Waals surface area contributed by atoms with Crippen LogP contribution in [0.5, 0.6) is 0 Å². The van der Waals surface area contributed by atoms with Gasteiger partial charge in [0.25, 0.3) is 0 Å². The Kier molecular flexibility index (Phi) is 4.27. The molecule has 27 heavy (non-hydrogen) atoms. The van der Waals surface area contributed by atoms with Crippen LogP contribution in [0.25, 0.3) is 22.4 Å². The standard InChI is InChI=1S/C19H18N4O3S/c1-10-4-5-15-13(8-16(24)26-17(15)11(10)2)9-27-19-22-21-18(23(19)20)14-6-7-25-12(14)3/h4-8H,9,20H2,1-3H3. The van der Waals surface area contributed by atoms with Gasteiger partial charge in [0.2, 0.25) is 5.16 Å². The molecule has 0 saturated heterocycles. The van der Waals surface area contributed by atoms with Gasteiger partial charge < -0.3 is 14.7 Å². The molecule has 0 saturated carbocycles. The molecule has 0 fully saturated rings. The fraction of sp³-hybridized carbons (Fsp3) is 0.211. The quantitative estimate of drug-likeness (QED) is 0.327. The van der Waals surface area contributed by atoms with Crippen molar-refractivity contribution in [2.45, 2.75) is 31.7 Å². The summed E-state index contributed by atoms with van der Waals surface area (Å²) in [6.45, 7) is 5.79. The molecule has 3 heterocycles. The molecule has 0 aliphatic heterocycles. The van der Waals surface area contributed by atoms with E-state index in [2.05, 4.69) is 10.2 Å². The summed E-state index contributed by atoms with van der Waals surface area (Å²) in [4.78, 5) is 12.0. The van der Waals surface area contributed by atoms with Crippen molar-refractivity contribution in [1.82, 2.24) is 14.9 Å². The van der Waals surface area contributed by atoms with Crippen LogP contribution in [-0.4, -0.2) is 14.9 Å². The van der Waals surface area contributed by atoms with Crippen molar-refractivity contribution >= 4 is 22.7 Å². The Hall–Kier alpha value is -3.00. The van der Waals surface area contributed by atoms with Crippen molar-refractivity contribution < 1.29 is 8.83 Å². The molecule has 8 heteroatoms. The van der Waals surface area contributed by atoms with Crippen molar-refractivity contribution in [2.75, 3.05) is 5.84 Å². The molecular weight excluding hydrogens is 364 g/mol. The van der Waals surface area contributed by atoms with Crippen molar-refractivity contribution in [3.8, 4) is 11.4 Å². The van der Waals surface area contributed by atoms with Gasteiger partial charge in [0.15, 0.2) is 5.82 Å². The van der Waals surface area contributed by atoms with Gasteiger partial charge in [-0.3, -0.25) is 0 Å². The minimum atomic E-state index is -0.365. The average molecular weight is 382 g/mol.